The molecule has 9 heteroatoms. The van der Waals surface area contributed by atoms with Gasteiger partial charge >= 0.3 is 0 Å². The average Bonchev–Trinajstić information content (AvgIpc) is 2.65. The molecule has 0 aliphatic carbocycles. The summed E-state index contributed by atoms with van der Waals surface area (Å²) >= 11 is 0. The summed E-state index contributed by atoms with van der Waals surface area (Å²) in [6.07, 6.45) is 1.35. The highest BCUT2D eigenvalue weighted by atomic mass is 32.2. The molecule has 0 radical (unpaired) electrons. The van der Waals surface area contributed by atoms with E-state index in [1.165, 1.54) is 22.7 Å². The van der Waals surface area contributed by atoms with Gasteiger partial charge in [0.1, 0.15) is 18.1 Å². The molecule has 0 spiro atoms. The monoisotopic (exact) mass is 385 g/mol. The summed E-state index contributed by atoms with van der Waals surface area (Å²) in [7, 11) is 1.09. The Morgan fingerprint density at radius 1 is 1.35 bits per heavy atom. The number of benzene rings is 1. The molecule has 1 aromatic carbocycles. The van der Waals surface area contributed by atoms with Gasteiger partial charge in [-0.25, -0.2) is 0 Å². The first-order valence-electron chi connectivity index (χ1n) is 8.56. The zero-order chi connectivity index (χ0) is 19.2. The molecule has 1 N–H and O–H groups in total. The van der Waals surface area contributed by atoms with Gasteiger partial charge in [-0.3, -0.25) is 4.79 Å². The quantitative estimate of drug-likeness (QED) is 0.666. The number of hydrogen-bond donors (Lipinski definition) is 1. The summed E-state index contributed by atoms with van der Waals surface area (Å²) in [5.41, 5.74) is 0. The van der Waals surface area contributed by atoms with Crippen LogP contribution in [0, 0.1) is 5.92 Å². The van der Waals surface area contributed by atoms with Crippen molar-refractivity contribution in [3.8, 4) is 11.5 Å². The first kappa shape index (κ1) is 20.5. The van der Waals surface area contributed by atoms with E-state index in [1.807, 2.05) is 18.2 Å². The predicted molar refractivity (Wildman–Crippen MR) is 98.4 cm³/mol. The number of rotatable bonds is 8. The second kappa shape index (κ2) is 9.20. The maximum Gasteiger partial charge on any atom is 0.281 e. The van der Waals surface area contributed by atoms with E-state index in [0.29, 0.717) is 44.0 Å². The number of carbonyl (C=O) groups is 1. The predicted octanol–water partition coefficient (Wildman–Crippen LogP) is 0.709. The van der Waals surface area contributed by atoms with E-state index in [-0.39, 0.29) is 18.4 Å². The van der Waals surface area contributed by atoms with Crippen molar-refractivity contribution in [1.29, 1.82) is 0 Å². The molecule has 8 nitrogen and oxygen atoms in total. The van der Waals surface area contributed by atoms with Gasteiger partial charge in [-0.15, -0.1) is 0 Å². The molecule has 1 aliphatic rings. The summed E-state index contributed by atoms with van der Waals surface area (Å²) in [6, 6.07) is 7.24. The van der Waals surface area contributed by atoms with Gasteiger partial charge in [0.25, 0.3) is 10.2 Å². The Kier molecular flexibility index (Phi) is 7.24. The van der Waals surface area contributed by atoms with Crippen LogP contribution >= 0.6 is 0 Å². The van der Waals surface area contributed by atoms with Crippen LogP contribution in [0.5, 0.6) is 11.5 Å². The van der Waals surface area contributed by atoms with E-state index in [2.05, 4.69) is 5.32 Å². The van der Waals surface area contributed by atoms with Crippen LogP contribution < -0.4 is 14.8 Å². The third-order valence-corrected chi connectivity index (χ3v) is 6.16. The van der Waals surface area contributed by atoms with Crippen LogP contribution in [0.15, 0.2) is 24.3 Å². The molecule has 1 aliphatic heterocycles. The summed E-state index contributed by atoms with van der Waals surface area (Å²) in [4.78, 5) is 12.3. The first-order chi connectivity index (χ1) is 12.3. The minimum absolute atomic E-state index is 0.141. The van der Waals surface area contributed by atoms with Crippen LogP contribution in [0.25, 0.3) is 0 Å². The molecule has 1 atom stereocenters. The largest absolute Gasteiger partial charge is 0.497 e. The Hall–Kier alpha value is -1.84. The van der Waals surface area contributed by atoms with Gasteiger partial charge in [0.15, 0.2) is 0 Å². The third-order valence-electron chi connectivity index (χ3n) is 4.25. The lowest BCUT2D eigenvalue weighted by Gasteiger charge is -2.32. The number of piperidine rings is 1. The van der Waals surface area contributed by atoms with Crippen molar-refractivity contribution in [2.45, 2.75) is 12.8 Å². The second-order valence-corrected chi connectivity index (χ2v) is 8.45. The normalized spacial score (nSPS) is 18.5. The van der Waals surface area contributed by atoms with Crippen LogP contribution in [0.1, 0.15) is 12.8 Å². The Balaban J connectivity index is 1.78. The zero-order valence-electron chi connectivity index (χ0n) is 15.5. The van der Waals surface area contributed by atoms with Crippen molar-refractivity contribution in [3.05, 3.63) is 24.3 Å². The lowest BCUT2D eigenvalue weighted by molar-refractivity contribution is -0.126. The summed E-state index contributed by atoms with van der Waals surface area (Å²) in [6.45, 7) is 1.34. The fraction of sp³-hybridized carbons (Fsp3) is 0.588. The van der Waals surface area contributed by atoms with Gasteiger partial charge in [-0.1, -0.05) is 6.07 Å². The fourth-order valence-electron chi connectivity index (χ4n) is 2.78. The Bertz CT molecular complexity index is 708. The van der Waals surface area contributed by atoms with Crippen molar-refractivity contribution in [1.82, 2.24) is 13.9 Å². The molecule has 0 unspecified atom stereocenters. The summed E-state index contributed by atoms with van der Waals surface area (Å²) in [5.74, 6) is 0.892. The minimum Gasteiger partial charge on any atom is -0.497 e. The Labute approximate surface area is 155 Å². The summed E-state index contributed by atoms with van der Waals surface area (Å²) in [5, 5.41) is 2.82. The lowest BCUT2D eigenvalue weighted by Crippen LogP contribution is -2.49. The SMILES string of the molecule is COc1cccc(OCCNC(=O)[C@@H]2CCCN(S(=O)(=O)N(C)C)C2)c1. The minimum atomic E-state index is -3.48. The smallest absolute Gasteiger partial charge is 0.281 e. The van der Waals surface area contributed by atoms with Gasteiger partial charge in [-0.2, -0.15) is 17.0 Å². The standard InChI is InChI=1S/C17H27N3O5S/c1-19(2)26(22,23)20-10-5-6-14(13-20)17(21)18-9-11-25-16-8-4-7-15(12-16)24-3/h4,7-8,12,14H,5-6,9-11,13H2,1-3H3,(H,18,21)/t14-/m1/s1. The number of carbonyl (C=O) groups excluding carboxylic acids is 1. The Morgan fingerprint density at radius 3 is 2.77 bits per heavy atom. The van der Waals surface area contributed by atoms with E-state index in [1.54, 1.807) is 13.2 Å². The van der Waals surface area contributed by atoms with E-state index in [4.69, 9.17) is 9.47 Å². The molecule has 0 bridgehead atoms. The molecule has 2 rings (SSSR count). The molecule has 1 aromatic rings. The zero-order valence-corrected chi connectivity index (χ0v) is 16.3. The van der Waals surface area contributed by atoms with E-state index in [0.717, 1.165) is 0 Å². The molecular weight excluding hydrogens is 358 g/mol. The second-order valence-electron chi connectivity index (χ2n) is 6.31. The number of hydrogen-bond acceptors (Lipinski definition) is 5. The Morgan fingerprint density at radius 2 is 2.08 bits per heavy atom. The fourth-order valence-corrected chi connectivity index (χ4v) is 3.97. The molecule has 0 aromatic heterocycles. The van der Waals surface area contributed by atoms with Crippen molar-refractivity contribution in [3.63, 3.8) is 0 Å². The maximum atomic E-state index is 12.3. The molecule has 1 amide bonds. The van der Waals surface area contributed by atoms with Gasteiger partial charge < -0.3 is 14.8 Å². The van der Waals surface area contributed by atoms with Gasteiger partial charge in [0.05, 0.1) is 19.6 Å². The molecule has 146 valence electrons. The van der Waals surface area contributed by atoms with Crippen molar-refractivity contribution in [2.24, 2.45) is 5.92 Å². The molecule has 1 fully saturated rings. The van der Waals surface area contributed by atoms with Crippen LogP contribution in [-0.2, 0) is 15.0 Å². The van der Waals surface area contributed by atoms with Crippen LogP contribution in [0.4, 0.5) is 0 Å². The van der Waals surface area contributed by atoms with Crippen molar-refractivity contribution in [2.75, 3.05) is 47.4 Å². The highest BCUT2D eigenvalue weighted by molar-refractivity contribution is 7.86. The molecule has 26 heavy (non-hydrogen) atoms. The van der Waals surface area contributed by atoms with Crippen molar-refractivity contribution >= 4 is 16.1 Å². The molecule has 1 heterocycles. The number of nitrogens with zero attached hydrogens (tertiary/aromatic N) is 2. The van der Waals surface area contributed by atoms with Crippen molar-refractivity contribution < 1.29 is 22.7 Å². The van der Waals surface area contributed by atoms with Gasteiger partial charge in [0.2, 0.25) is 5.91 Å². The van der Waals surface area contributed by atoms with Gasteiger partial charge in [0, 0.05) is 33.3 Å². The average molecular weight is 385 g/mol. The van der Waals surface area contributed by atoms with E-state index in [9.17, 15) is 13.2 Å². The number of nitrogens with one attached hydrogen (secondary N) is 1. The third kappa shape index (κ3) is 5.33. The summed E-state index contributed by atoms with van der Waals surface area (Å²) < 4.78 is 37.7. The highest BCUT2D eigenvalue weighted by Gasteiger charge is 2.33. The number of methoxy groups -OCH3 is 1. The molecule has 1 saturated heterocycles. The molecule has 0 saturated carbocycles. The maximum absolute atomic E-state index is 12.3. The number of amides is 1. The number of ether oxygens (including phenoxy) is 2. The van der Waals surface area contributed by atoms with Crippen LogP contribution in [-0.4, -0.2) is 70.4 Å². The van der Waals surface area contributed by atoms with Crippen LogP contribution in [0.3, 0.4) is 0 Å². The topological polar surface area (TPSA) is 88.2 Å². The lowest BCUT2D eigenvalue weighted by atomic mass is 9.99. The molecular formula is C17H27N3O5S. The van der Waals surface area contributed by atoms with E-state index < -0.39 is 10.2 Å². The van der Waals surface area contributed by atoms with Gasteiger partial charge in [-0.05, 0) is 25.0 Å². The van der Waals surface area contributed by atoms with E-state index >= 15 is 0 Å². The first-order valence-corrected chi connectivity index (χ1v) is 9.96. The highest BCUT2D eigenvalue weighted by Crippen LogP contribution is 2.21. The van der Waals surface area contributed by atoms with Crippen LogP contribution in [0.2, 0.25) is 0 Å².